The van der Waals surface area contributed by atoms with Crippen molar-refractivity contribution in [2.24, 2.45) is 17.6 Å². The van der Waals surface area contributed by atoms with Gasteiger partial charge in [0.05, 0.1) is 6.04 Å². The SMILES string of the molecule is CCC(C)C(NC(=O)C(CS)NC(=O)C(N)C(C)C)C(=O)NC(Cc1ccc(O)cc1)C(=O)O. The molecule has 0 saturated heterocycles. The van der Waals surface area contributed by atoms with Crippen molar-refractivity contribution in [3.05, 3.63) is 29.8 Å². The zero-order chi connectivity index (χ0) is 26.0. The molecule has 10 nitrogen and oxygen atoms in total. The molecule has 3 amide bonds. The van der Waals surface area contributed by atoms with E-state index in [1.54, 1.807) is 32.9 Å². The molecule has 0 aliphatic carbocycles. The number of nitrogens with two attached hydrogens (primary N) is 1. The first kappa shape index (κ1) is 29.2. The lowest BCUT2D eigenvalue weighted by Gasteiger charge is -2.28. The molecule has 0 fully saturated rings. The van der Waals surface area contributed by atoms with Crippen LogP contribution in [0.2, 0.25) is 0 Å². The Morgan fingerprint density at radius 3 is 1.97 bits per heavy atom. The number of thiol groups is 1. The number of nitrogens with one attached hydrogen (secondary N) is 3. The average molecular weight is 497 g/mol. The van der Waals surface area contributed by atoms with Gasteiger partial charge in [0.15, 0.2) is 0 Å². The van der Waals surface area contributed by atoms with Gasteiger partial charge in [-0.05, 0) is 29.5 Å². The number of carboxylic acid groups (broad SMARTS) is 1. The summed E-state index contributed by atoms with van der Waals surface area (Å²) in [5, 5.41) is 26.7. The Hall–Kier alpha value is -2.79. The Morgan fingerprint density at radius 2 is 1.50 bits per heavy atom. The van der Waals surface area contributed by atoms with Crippen LogP contribution in [-0.2, 0) is 25.6 Å². The summed E-state index contributed by atoms with van der Waals surface area (Å²) in [4.78, 5) is 49.9. The zero-order valence-corrected chi connectivity index (χ0v) is 20.8. The predicted octanol–water partition coefficient (Wildman–Crippen LogP) is 0.433. The Labute approximate surface area is 205 Å². The molecule has 0 spiro atoms. The number of amides is 3. The van der Waals surface area contributed by atoms with Crippen LogP contribution >= 0.6 is 12.6 Å². The molecular weight excluding hydrogens is 460 g/mol. The lowest BCUT2D eigenvalue weighted by molar-refractivity contribution is -0.142. The lowest BCUT2D eigenvalue weighted by Crippen LogP contribution is -2.59. The minimum atomic E-state index is -1.25. The minimum Gasteiger partial charge on any atom is -0.508 e. The van der Waals surface area contributed by atoms with Crippen molar-refractivity contribution < 1.29 is 29.4 Å². The molecule has 5 atom stereocenters. The Bertz CT molecular complexity index is 848. The number of aromatic hydroxyl groups is 1. The van der Waals surface area contributed by atoms with Crippen molar-refractivity contribution in [3.8, 4) is 5.75 Å². The van der Waals surface area contributed by atoms with Crippen molar-refractivity contribution in [2.45, 2.75) is 64.7 Å². The highest BCUT2D eigenvalue weighted by Gasteiger charge is 2.32. The highest BCUT2D eigenvalue weighted by molar-refractivity contribution is 7.80. The van der Waals surface area contributed by atoms with Crippen molar-refractivity contribution >= 4 is 36.3 Å². The number of carbonyl (C=O) groups is 4. The lowest BCUT2D eigenvalue weighted by atomic mass is 9.97. The first-order valence-electron chi connectivity index (χ1n) is 11.2. The topological polar surface area (TPSA) is 171 Å². The predicted molar refractivity (Wildman–Crippen MR) is 131 cm³/mol. The van der Waals surface area contributed by atoms with E-state index in [0.29, 0.717) is 12.0 Å². The molecule has 5 unspecified atom stereocenters. The molecule has 0 saturated carbocycles. The zero-order valence-electron chi connectivity index (χ0n) is 19.9. The molecule has 11 heteroatoms. The van der Waals surface area contributed by atoms with E-state index < -0.39 is 47.9 Å². The monoisotopic (exact) mass is 496 g/mol. The standard InChI is InChI=1S/C23H36N4O6S/c1-5-13(4)19(27-20(29)17(11-34)26-21(30)18(24)12(2)3)22(31)25-16(23(32)33)10-14-6-8-15(28)9-7-14/h6-9,12-13,16-19,28,34H,5,10-11,24H2,1-4H3,(H,25,31)(H,26,30)(H,27,29)(H,32,33). The summed E-state index contributed by atoms with van der Waals surface area (Å²) in [6.07, 6.45) is 0.523. The van der Waals surface area contributed by atoms with E-state index >= 15 is 0 Å². The molecule has 0 aliphatic heterocycles. The number of phenolic OH excluding ortho intramolecular Hbond substituents is 1. The fourth-order valence-corrected chi connectivity index (χ4v) is 3.31. The molecular formula is C23H36N4O6S. The fraction of sp³-hybridized carbons (Fsp3) is 0.565. The Morgan fingerprint density at radius 1 is 0.941 bits per heavy atom. The van der Waals surface area contributed by atoms with E-state index in [-0.39, 0.29) is 29.8 Å². The summed E-state index contributed by atoms with van der Waals surface area (Å²) in [7, 11) is 0. The van der Waals surface area contributed by atoms with Gasteiger partial charge in [0.2, 0.25) is 17.7 Å². The van der Waals surface area contributed by atoms with Crippen LogP contribution in [-0.4, -0.2) is 63.8 Å². The highest BCUT2D eigenvalue weighted by atomic mass is 32.1. The highest BCUT2D eigenvalue weighted by Crippen LogP contribution is 2.13. The molecule has 34 heavy (non-hydrogen) atoms. The maximum absolute atomic E-state index is 13.0. The molecule has 1 aromatic carbocycles. The van der Waals surface area contributed by atoms with Crippen molar-refractivity contribution in [1.29, 1.82) is 0 Å². The van der Waals surface area contributed by atoms with E-state index in [1.807, 2.05) is 6.92 Å². The minimum absolute atomic E-state index is 0.00899. The van der Waals surface area contributed by atoms with E-state index in [4.69, 9.17) is 5.73 Å². The van der Waals surface area contributed by atoms with Gasteiger partial charge in [-0.2, -0.15) is 12.6 Å². The first-order valence-corrected chi connectivity index (χ1v) is 11.8. The van der Waals surface area contributed by atoms with E-state index in [9.17, 15) is 29.4 Å². The van der Waals surface area contributed by atoms with Crippen LogP contribution in [0.15, 0.2) is 24.3 Å². The van der Waals surface area contributed by atoms with Gasteiger partial charge in [-0.25, -0.2) is 4.79 Å². The molecule has 0 bridgehead atoms. The third kappa shape index (κ3) is 8.86. The molecule has 7 N–H and O–H groups in total. The van der Waals surface area contributed by atoms with Crippen molar-refractivity contribution in [1.82, 2.24) is 16.0 Å². The number of benzene rings is 1. The maximum atomic E-state index is 13.0. The quantitative estimate of drug-likeness (QED) is 0.194. The molecule has 190 valence electrons. The van der Waals surface area contributed by atoms with Crippen LogP contribution < -0.4 is 21.7 Å². The summed E-state index contributed by atoms with van der Waals surface area (Å²) < 4.78 is 0. The van der Waals surface area contributed by atoms with Crippen LogP contribution in [0.3, 0.4) is 0 Å². The average Bonchev–Trinajstić information content (AvgIpc) is 2.80. The van der Waals surface area contributed by atoms with Gasteiger partial charge in [0, 0.05) is 12.2 Å². The van der Waals surface area contributed by atoms with Crippen LogP contribution in [0.25, 0.3) is 0 Å². The summed E-state index contributed by atoms with van der Waals surface area (Å²) >= 11 is 4.13. The molecule has 1 aromatic rings. The second-order valence-corrected chi connectivity index (χ2v) is 9.02. The fourth-order valence-electron chi connectivity index (χ4n) is 3.05. The molecule has 0 heterocycles. The number of hydrogen-bond acceptors (Lipinski definition) is 7. The van der Waals surface area contributed by atoms with Crippen LogP contribution in [0.4, 0.5) is 0 Å². The second-order valence-electron chi connectivity index (χ2n) is 8.66. The molecule has 1 rings (SSSR count). The third-order valence-electron chi connectivity index (χ3n) is 5.62. The number of aliphatic carboxylic acids is 1. The molecule has 0 aliphatic rings. The van der Waals surface area contributed by atoms with E-state index in [1.165, 1.54) is 12.1 Å². The Balaban J connectivity index is 2.95. The van der Waals surface area contributed by atoms with Gasteiger partial charge in [-0.3, -0.25) is 14.4 Å². The molecule has 0 aromatic heterocycles. The number of rotatable bonds is 13. The number of carboxylic acids is 1. The van der Waals surface area contributed by atoms with Gasteiger partial charge in [0.1, 0.15) is 23.9 Å². The van der Waals surface area contributed by atoms with Crippen LogP contribution in [0, 0.1) is 11.8 Å². The smallest absolute Gasteiger partial charge is 0.326 e. The van der Waals surface area contributed by atoms with Gasteiger partial charge in [0.25, 0.3) is 0 Å². The van der Waals surface area contributed by atoms with Crippen molar-refractivity contribution in [3.63, 3.8) is 0 Å². The summed E-state index contributed by atoms with van der Waals surface area (Å²) in [5.41, 5.74) is 6.44. The van der Waals surface area contributed by atoms with E-state index in [0.717, 1.165) is 0 Å². The van der Waals surface area contributed by atoms with Gasteiger partial charge < -0.3 is 31.9 Å². The number of phenols is 1. The maximum Gasteiger partial charge on any atom is 0.326 e. The normalized spacial score (nSPS) is 15.5. The number of carbonyl (C=O) groups excluding carboxylic acids is 3. The largest absolute Gasteiger partial charge is 0.508 e. The van der Waals surface area contributed by atoms with Crippen molar-refractivity contribution in [2.75, 3.05) is 5.75 Å². The number of hydrogen-bond donors (Lipinski definition) is 7. The van der Waals surface area contributed by atoms with Gasteiger partial charge in [-0.1, -0.05) is 46.2 Å². The summed E-state index contributed by atoms with van der Waals surface area (Å²) in [6.45, 7) is 7.14. The van der Waals surface area contributed by atoms with Gasteiger partial charge >= 0.3 is 5.97 Å². The summed E-state index contributed by atoms with van der Waals surface area (Å²) in [6, 6.07) is 1.87. The Kier molecular flexibility index (Phi) is 11.9. The van der Waals surface area contributed by atoms with Gasteiger partial charge in [-0.15, -0.1) is 0 Å². The third-order valence-corrected chi connectivity index (χ3v) is 5.99. The van der Waals surface area contributed by atoms with Crippen LogP contribution in [0.5, 0.6) is 5.75 Å². The second kappa shape index (κ2) is 13.8. The first-order chi connectivity index (χ1) is 15.9. The summed E-state index contributed by atoms with van der Waals surface area (Å²) in [5.74, 6) is -3.45. The van der Waals surface area contributed by atoms with Crippen LogP contribution in [0.1, 0.15) is 39.7 Å². The molecule has 0 radical (unpaired) electrons. The van der Waals surface area contributed by atoms with E-state index in [2.05, 4.69) is 28.6 Å².